The second-order valence-corrected chi connectivity index (χ2v) is 10.2. The van der Waals surface area contributed by atoms with Crippen LogP contribution >= 0.6 is 0 Å². The zero-order valence-corrected chi connectivity index (χ0v) is 18.0. The largest absolute Gasteiger partial charge is 0.339 e. The highest BCUT2D eigenvalue weighted by molar-refractivity contribution is 7.92. The first kappa shape index (κ1) is 21.1. The number of carbonyl (C=O) groups excluding carboxylic acids is 2. The summed E-state index contributed by atoms with van der Waals surface area (Å²) in [6.07, 6.45) is 4.69. The molecule has 0 radical (unpaired) electrons. The lowest BCUT2D eigenvalue weighted by molar-refractivity contribution is -0.143. The van der Waals surface area contributed by atoms with Gasteiger partial charge in [0.05, 0.1) is 0 Å². The average Bonchev–Trinajstić information content (AvgIpc) is 3.63. The van der Waals surface area contributed by atoms with Gasteiger partial charge in [0.25, 0.3) is 0 Å². The number of carbonyl (C=O) groups is 2. The summed E-state index contributed by atoms with van der Waals surface area (Å²) in [6, 6.07) is 9.33. The number of hydrogen-bond donors (Lipinski definition) is 0. The summed E-state index contributed by atoms with van der Waals surface area (Å²) in [7, 11) is -3.49. The van der Waals surface area contributed by atoms with Gasteiger partial charge in [0.2, 0.25) is 21.8 Å². The quantitative estimate of drug-likeness (QED) is 0.712. The first-order chi connectivity index (χ1) is 14.4. The molecule has 2 amide bonds. The normalized spacial score (nSPS) is 21.9. The molecule has 1 aromatic carbocycles. The van der Waals surface area contributed by atoms with Crippen LogP contribution in [-0.4, -0.2) is 73.6 Å². The van der Waals surface area contributed by atoms with Gasteiger partial charge in [-0.05, 0) is 37.3 Å². The molecule has 2 aliphatic heterocycles. The number of hydrogen-bond acceptors (Lipinski definition) is 4. The van der Waals surface area contributed by atoms with Crippen molar-refractivity contribution in [2.24, 2.45) is 11.8 Å². The van der Waals surface area contributed by atoms with Gasteiger partial charge in [-0.3, -0.25) is 9.59 Å². The van der Waals surface area contributed by atoms with Crippen LogP contribution in [0.4, 0.5) is 0 Å². The van der Waals surface area contributed by atoms with E-state index >= 15 is 0 Å². The van der Waals surface area contributed by atoms with Crippen LogP contribution in [0.25, 0.3) is 6.08 Å². The summed E-state index contributed by atoms with van der Waals surface area (Å²) in [4.78, 5) is 28.8. The zero-order valence-electron chi connectivity index (χ0n) is 17.2. The standard InChI is InChI=1S/C22H29N3O4S/c26-21(19-6-7-19)23-13-15-24(16-14-23)22(27)20-8-11-25(12-9-20)30(28,29)17-10-18-4-2-1-3-5-18/h1-5,10,17,19-20H,6-9,11-16H2. The van der Waals surface area contributed by atoms with Gasteiger partial charge in [0.15, 0.2) is 0 Å². The lowest BCUT2D eigenvalue weighted by Crippen LogP contribution is -2.53. The highest BCUT2D eigenvalue weighted by Gasteiger charge is 2.37. The average molecular weight is 432 g/mol. The molecule has 30 heavy (non-hydrogen) atoms. The smallest absolute Gasteiger partial charge is 0.236 e. The third-order valence-electron chi connectivity index (χ3n) is 6.22. The van der Waals surface area contributed by atoms with Crippen molar-refractivity contribution in [1.82, 2.24) is 14.1 Å². The van der Waals surface area contributed by atoms with Crippen LogP contribution in [-0.2, 0) is 19.6 Å². The van der Waals surface area contributed by atoms with E-state index in [9.17, 15) is 18.0 Å². The number of rotatable bonds is 5. The first-order valence-corrected chi connectivity index (χ1v) is 12.3. The molecule has 2 saturated heterocycles. The molecule has 3 fully saturated rings. The molecule has 4 rings (SSSR count). The van der Waals surface area contributed by atoms with Crippen LogP contribution in [0.3, 0.4) is 0 Å². The number of piperidine rings is 1. The van der Waals surface area contributed by atoms with Crippen LogP contribution < -0.4 is 0 Å². The van der Waals surface area contributed by atoms with E-state index in [0.717, 1.165) is 18.4 Å². The van der Waals surface area contributed by atoms with E-state index in [2.05, 4.69) is 0 Å². The molecule has 1 aliphatic carbocycles. The van der Waals surface area contributed by atoms with Crippen molar-refractivity contribution in [3.8, 4) is 0 Å². The monoisotopic (exact) mass is 431 g/mol. The Kier molecular flexibility index (Phi) is 6.24. The van der Waals surface area contributed by atoms with E-state index < -0.39 is 10.0 Å². The van der Waals surface area contributed by atoms with Crippen LogP contribution in [0.2, 0.25) is 0 Å². The van der Waals surface area contributed by atoms with Gasteiger partial charge in [0.1, 0.15) is 0 Å². The predicted molar refractivity (Wildman–Crippen MR) is 115 cm³/mol. The maximum absolute atomic E-state index is 12.9. The Hall–Kier alpha value is -2.19. The number of piperazine rings is 1. The van der Waals surface area contributed by atoms with Gasteiger partial charge >= 0.3 is 0 Å². The Morgan fingerprint density at radius 1 is 0.767 bits per heavy atom. The van der Waals surface area contributed by atoms with Gasteiger partial charge in [0, 0.05) is 56.5 Å². The van der Waals surface area contributed by atoms with Crippen molar-refractivity contribution >= 4 is 27.9 Å². The van der Waals surface area contributed by atoms with E-state index in [1.165, 1.54) is 9.71 Å². The molecule has 0 atom stereocenters. The Balaban J connectivity index is 1.26. The second-order valence-electron chi connectivity index (χ2n) is 8.36. The highest BCUT2D eigenvalue weighted by Crippen LogP contribution is 2.31. The third kappa shape index (κ3) is 4.92. The molecular weight excluding hydrogens is 402 g/mol. The lowest BCUT2D eigenvalue weighted by Gasteiger charge is -2.38. The van der Waals surface area contributed by atoms with E-state index in [-0.39, 0.29) is 23.7 Å². The number of sulfonamides is 1. The van der Waals surface area contributed by atoms with Gasteiger partial charge in [-0.15, -0.1) is 0 Å². The summed E-state index contributed by atoms with van der Waals surface area (Å²) in [6.45, 7) is 3.10. The molecule has 3 aliphatic rings. The topological polar surface area (TPSA) is 78.0 Å². The third-order valence-corrected chi connectivity index (χ3v) is 7.79. The highest BCUT2D eigenvalue weighted by atomic mass is 32.2. The molecule has 162 valence electrons. The molecule has 7 nitrogen and oxygen atoms in total. The van der Waals surface area contributed by atoms with Crippen LogP contribution in [0.5, 0.6) is 0 Å². The molecule has 8 heteroatoms. The molecule has 0 N–H and O–H groups in total. The number of nitrogens with zero attached hydrogens (tertiary/aromatic N) is 3. The molecule has 0 unspecified atom stereocenters. The fourth-order valence-corrected chi connectivity index (χ4v) is 5.39. The Morgan fingerprint density at radius 2 is 1.27 bits per heavy atom. The minimum absolute atomic E-state index is 0.102. The number of benzene rings is 1. The summed E-state index contributed by atoms with van der Waals surface area (Å²) in [5, 5.41) is 1.25. The minimum atomic E-state index is -3.49. The van der Waals surface area contributed by atoms with Gasteiger partial charge in [-0.1, -0.05) is 30.3 Å². The van der Waals surface area contributed by atoms with E-state index in [0.29, 0.717) is 52.1 Å². The Bertz CT molecular complexity index is 896. The minimum Gasteiger partial charge on any atom is -0.339 e. The van der Waals surface area contributed by atoms with E-state index in [1.54, 1.807) is 6.08 Å². The molecule has 0 aromatic heterocycles. The number of amides is 2. The molecular formula is C22H29N3O4S. The van der Waals surface area contributed by atoms with E-state index in [1.807, 2.05) is 40.1 Å². The lowest BCUT2D eigenvalue weighted by atomic mass is 9.96. The molecule has 2 heterocycles. The predicted octanol–water partition coefficient (Wildman–Crippen LogP) is 1.78. The van der Waals surface area contributed by atoms with Crippen molar-refractivity contribution in [2.75, 3.05) is 39.3 Å². The van der Waals surface area contributed by atoms with Gasteiger partial charge in [-0.2, -0.15) is 4.31 Å². The van der Waals surface area contributed by atoms with Crippen molar-refractivity contribution in [3.63, 3.8) is 0 Å². The van der Waals surface area contributed by atoms with Gasteiger partial charge < -0.3 is 9.80 Å². The SMILES string of the molecule is O=C(C1CC1)N1CCN(C(=O)C2CCN(S(=O)(=O)C=Cc3ccccc3)CC2)CC1. The zero-order chi connectivity index (χ0) is 21.1. The van der Waals surface area contributed by atoms with Crippen molar-refractivity contribution in [2.45, 2.75) is 25.7 Å². The summed E-state index contributed by atoms with van der Waals surface area (Å²) >= 11 is 0. The van der Waals surface area contributed by atoms with E-state index in [4.69, 9.17) is 0 Å². The van der Waals surface area contributed by atoms with Crippen molar-refractivity contribution < 1.29 is 18.0 Å². The fourth-order valence-electron chi connectivity index (χ4n) is 4.17. The molecule has 0 spiro atoms. The molecule has 1 saturated carbocycles. The maximum Gasteiger partial charge on any atom is 0.236 e. The van der Waals surface area contributed by atoms with Crippen LogP contribution in [0.1, 0.15) is 31.2 Å². The summed E-state index contributed by atoms with van der Waals surface area (Å²) in [5.41, 5.74) is 0.838. The fraction of sp³-hybridized carbons (Fsp3) is 0.545. The Labute approximate surface area is 178 Å². The maximum atomic E-state index is 12.9. The van der Waals surface area contributed by atoms with Crippen molar-refractivity contribution in [3.05, 3.63) is 41.3 Å². The summed E-state index contributed by atoms with van der Waals surface area (Å²) in [5.74, 6) is 0.421. The summed E-state index contributed by atoms with van der Waals surface area (Å²) < 4.78 is 26.7. The molecule has 1 aromatic rings. The van der Waals surface area contributed by atoms with Crippen LogP contribution in [0, 0.1) is 11.8 Å². The first-order valence-electron chi connectivity index (χ1n) is 10.7. The van der Waals surface area contributed by atoms with Crippen molar-refractivity contribution in [1.29, 1.82) is 0 Å². The Morgan fingerprint density at radius 3 is 1.77 bits per heavy atom. The molecule has 0 bridgehead atoms. The van der Waals surface area contributed by atoms with Gasteiger partial charge in [-0.25, -0.2) is 8.42 Å². The second kappa shape index (κ2) is 8.89. The van der Waals surface area contributed by atoms with Crippen LogP contribution in [0.15, 0.2) is 35.7 Å².